The van der Waals surface area contributed by atoms with Gasteiger partial charge in [-0.1, -0.05) is 6.42 Å². The first kappa shape index (κ1) is 21.9. The van der Waals surface area contributed by atoms with Crippen molar-refractivity contribution in [2.75, 3.05) is 25.5 Å². The summed E-state index contributed by atoms with van der Waals surface area (Å²) in [5, 5.41) is 13.2. The Morgan fingerprint density at radius 3 is 2.75 bits per heavy atom. The lowest BCUT2D eigenvalue weighted by Crippen LogP contribution is -2.41. The van der Waals surface area contributed by atoms with Gasteiger partial charge in [-0.15, -0.1) is 0 Å². The van der Waals surface area contributed by atoms with Crippen LogP contribution in [0.1, 0.15) is 31.5 Å². The van der Waals surface area contributed by atoms with Crippen molar-refractivity contribution >= 4 is 22.6 Å². The van der Waals surface area contributed by atoms with E-state index in [1.807, 2.05) is 18.2 Å². The van der Waals surface area contributed by atoms with E-state index in [4.69, 9.17) is 15.2 Å². The van der Waals surface area contributed by atoms with Crippen molar-refractivity contribution < 1.29 is 19.4 Å². The van der Waals surface area contributed by atoms with Crippen molar-refractivity contribution in [1.29, 1.82) is 0 Å². The number of fused-ring (bicyclic) bond motifs is 1. The molecule has 2 aromatic heterocycles. The highest BCUT2D eigenvalue weighted by molar-refractivity contribution is 5.94. The van der Waals surface area contributed by atoms with Crippen LogP contribution in [0, 0.1) is 0 Å². The molecule has 0 radical (unpaired) electrons. The Morgan fingerprint density at radius 2 is 2.00 bits per heavy atom. The quantitative estimate of drug-likeness (QED) is 0.358. The molecule has 9 heteroatoms. The highest BCUT2D eigenvalue weighted by Crippen LogP contribution is 2.36. The molecule has 0 aliphatic carbocycles. The molecule has 4 N–H and O–H groups in total. The third-order valence-corrected chi connectivity index (χ3v) is 5.37. The molecule has 1 aromatic carbocycles. The van der Waals surface area contributed by atoms with Gasteiger partial charge in [-0.2, -0.15) is 0 Å². The standard InChI is InChI=1S/C23H27N5O4/c24-16-10-18-19(26-13-16)6-5-17(15-11-27-21(14-29)28-12-15)22(18)31-8-3-9-32-23(30)20-4-1-2-7-25-20/h5-6,10-13,20,25,29H,1-4,7-9,14,24H2/t20-/m0/s1. The van der Waals surface area contributed by atoms with Gasteiger partial charge in [0.25, 0.3) is 0 Å². The number of pyridine rings is 1. The van der Waals surface area contributed by atoms with Gasteiger partial charge in [0.15, 0.2) is 5.82 Å². The second-order valence-corrected chi connectivity index (χ2v) is 7.70. The monoisotopic (exact) mass is 437 g/mol. The van der Waals surface area contributed by atoms with E-state index >= 15 is 0 Å². The molecule has 1 saturated heterocycles. The average Bonchev–Trinajstić information content (AvgIpc) is 2.84. The van der Waals surface area contributed by atoms with Gasteiger partial charge < -0.3 is 25.6 Å². The zero-order chi connectivity index (χ0) is 22.3. The first-order valence-electron chi connectivity index (χ1n) is 10.8. The summed E-state index contributed by atoms with van der Waals surface area (Å²) in [6.07, 6.45) is 8.39. The van der Waals surface area contributed by atoms with Crippen LogP contribution < -0.4 is 15.8 Å². The maximum atomic E-state index is 12.2. The van der Waals surface area contributed by atoms with Crippen LogP contribution in [0.4, 0.5) is 5.69 Å². The zero-order valence-corrected chi connectivity index (χ0v) is 17.8. The first-order valence-corrected chi connectivity index (χ1v) is 10.8. The molecule has 3 aromatic rings. The minimum Gasteiger partial charge on any atom is -0.492 e. The predicted molar refractivity (Wildman–Crippen MR) is 120 cm³/mol. The number of nitrogens with one attached hydrogen (secondary N) is 1. The maximum Gasteiger partial charge on any atom is 0.323 e. The smallest absolute Gasteiger partial charge is 0.323 e. The molecular formula is C23H27N5O4. The molecular weight excluding hydrogens is 410 g/mol. The lowest BCUT2D eigenvalue weighted by Gasteiger charge is -2.21. The van der Waals surface area contributed by atoms with Crippen molar-refractivity contribution in [2.45, 2.75) is 38.3 Å². The Hall–Kier alpha value is -3.30. The number of rotatable bonds is 8. The molecule has 4 rings (SSSR count). The molecule has 0 bridgehead atoms. The number of benzene rings is 1. The first-order chi connectivity index (χ1) is 15.7. The van der Waals surface area contributed by atoms with E-state index in [1.165, 1.54) is 0 Å². The van der Waals surface area contributed by atoms with Crippen molar-refractivity contribution in [2.24, 2.45) is 0 Å². The second-order valence-electron chi connectivity index (χ2n) is 7.70. The highest BCUT2D eigenvalue weighted by Gasteiger charge is 2.21. The molecule has 1 aliphatic heterocycles. The number of nitrogens with zero attached hydrogens (tertiary/aromatic N) is 3. The van der Waals surface area contributed by atoms with Crippen molar-refractivity contribution in [3.8, 4) is 16.9 Å². The van der Waals surface area contributed by atoms with E-state index in [2.05, 4.69) is 20.3 Å². The molecule has 0 saturated carbocycles. The molecule has 168 valence electrons. The van der Waals surface area contributed by atoms with E-state index in [9.17, 15) is 9.90 Å². The fourth-order valence-electron chi connectivity index (χ4n) is 3.71. The predicted octanol–water partition coefficient (Wildman–Crippen LogP) is 2.22. The van der Waals surface area contributed by atoms with Gasteiger partial charge in [0.2, 0.25) is 0 Å². The third kappa shape index (κ3) is 5.12. The number of ether oxygens (including phenoxy) is 2. The van der Waals surface area contributed by atoms with Crippen molar-refractivity contribution in [1.82, 2.24) is 20.3 Å². The summed E-state index contributed by atoms with van der Waals surface area (Å²) in [5.74, 6) is 0.758. The largest absolute Gasteiger partial charge is 0.492 e. The van der Waals surface area contributed by atoms with Crippen LogP contribution in [-0.2, 0) is 16.1 Å². The van der Waals surface area contributed by atoms with Crippen molar-refractivity contribution in [3.05, 3.63) is 42.6 Å². The Kier molecular flexibility index (Phi) is 7.08. The second kappa shape index (κ2) is 10.3. The summed E-state index contributed by atoms with van der Waals surface area (Å²) in [4.78, 5) is 24.9. The van der Waals surface area contributed by atoms with E-state index in [0.29, 0.717) is 30.3 Å². The van der Waals surface area contributed by atoms with Crippen LogP contribution in [0.2, 0.25) is 0 Å². The van der Waals surface area contributed by atoms with Crippen LogP contribution >= 0.6 is 0 Å². The number of esters is 1. The lowest BCUT2D eigenvalue weighted by atomic mass is 10.0. The third-order valence-electron chi connectivity index (χ3n) is 5.37. The van der Waals surface area contributed by atoms with Crippen LogP contribution in [0.5, 0.6) is 5.75 Å². The van der Waals surface area contributed by atoms with Gasteiger partial charge in [0.05, 0.1) is 30.6 Å². The molecule has 0 unspecified atom stereocenters. The van der Waals surface area contributed by atoms with Gasteiger partial charge in [0, 0.05) is 35.3 Å². The van der Waals surface area contributed by atoms with Gasteiger partial charge >= 0.3 is 5.97 Å². The molecule has 32 heavy (non-hydrogen) atoms. The van der Waals surface area contributed by atoms with Crippen LogP contribution in [0.25, 0.3) is 22.0 Å². The van der Waals surface area contributed by atoms with Crippen molar-refractivity contribution in [3.63, 3.8) is 0 Å². The van der Waals surface area contributed by atoms with Crippen LogP contribution in [0.3, 0.4) is 0 Å². The fourth-order valence-corrected chi connectivity index (χ4v) is 3.71. The van der Waals surface area contributed by atoms with Gasteiger partial charge in [-0.05, 0) is 37.6 Å². The van der Waals surface area contributed by atoms with Crippen LogP contribution in [0.15, 0.2) is 36.8 Å². The normalized spacial score (nSPS) is 16.1. The number of carbonyl (C=O) groups is 1. The molecule has 0 amide bonds. The van der Waals surface area contributed by atoms with Gasteiger partial charge in [-0.3, -0.25) is 9.78 Å². The van der Waals surface area contributed by atoms with E-state index < -0.39 is 0 Å². The van der Waals surface area contributed by atoms with Gasteiger partial charge in [0.1, 0.15) is 18.4 Å². The number of aliphatic hydroxyl groups is 1. The summed E-state index contributed by atoms with van der Waals surface area (Å²) in [6.45, 7) is 1.26. The molecule has 1 atom stereocenters. The molecule has 3 heterocycles. The Morgan fingerprint density at radius 1 is 1.16 bits per heavy atom. The number of anilines is 1. The number of piperidine rings is 1. The molecule has 0 spiro atoms. The number of nitrogens with two attached hydrogens (primary N) is 1. The van der Waals surface area contributed by atoms with E-state index in [1.54, 1.807) is 18.6 Å². The summed E-state index contributed by atoms with van der Waals surface area (Å²) < 4.78 is 11.5. The minimum absolute atomic E-state index is 0.200. The number of aromatic nitrogens is 3. The molecule has 1 aliphatic rings. The molecule has 1 fully saturated rings. The minimum atomic E-state index is -0.225. The summed E-state index contributed by atoms with van der Waals surface area (Å²) >= 11 is 0. The number of hydrogen-bond donors (Lipinski definition) is 3. The maximum absolute atomic E-state index is 12.2. The fraction of sp³-hybridized carbons (Fsp3) is 0.391. The summed E-state index contributed by atoms with van der Waals surface area (Å²) in [6, 6.07) is 5.40. The molecule has 9 nitrogen and oxygen atoms in total. The Balaban J connectivity index is 1.47. The Bertz CT molecular complexity index is 1070. The van der Waals surface area contributed by atoms with Crippen LogP contribution in [-0.4, -0.2) is 51.8 Å². The number of nitrogen functional groups attached to an aromatic ring is 1. The topological polar surface area (TPSA) is 132 Å². The zero-order valence-electron chi connectivity index (χ0n) is 17.8. The van der Waals surface area contributed by atoms with Gasteiger partial charge in [-0.25, -0.2) is 9.97 Å². The number of hydrogen-bond acceptors (Lipinski definition) is 9. The average molecular weight is 438 g/mol. The highest BCUT2D eigenvalue weighted by atomic mass is 16.5. The number of carbonyl (C=O) groups excluding carboxylic acids is 1. The number of aliphatic hydroxyl groups excluding tert-OH is 1. The SMILES string of the molecule is Nc1cnc2ccc(-c3cnc(CO)nc3)c(OCCCOC(=O)[C@@H]3CCCCN3)c2c1. The van der Waals surface area contributed by atoms with E-state index in [0.717, 1.165) is 47.8 Å². The van der Waals surface area contributed by atoms with E-state index in [-0.39, 0.29) is 25.2 Å². The Labute approximate surface area is 186 Å². The lowest BCUT2D eigenvalue weighted by molar-refractivity contribution is -0.147. The summed E-state index contributed by atoms with van der Waals surface area (Å²) in [5.41, 5.74) is 8.78. The summed E-state index contributed by atoms with van der Waals surface area (Å²) in [7, 11) is 0.